The van der Waals surface area contributed by atoms with E-state index >= 15 is 0 Å². The number of rotatable bonds is 5. The van der Waals surface area contributed by atoms with Crippen LogP contribution in [-0.4, -0.2) is 14.8 Å². The molecule has 5 heteroatoms. The molecule has 0 amide bonds. The van der Waals surface area contributed by atoms with Crippen LogP contribution in [0.3, 0.4) is 0 Å². The number of benzene rings is 1. The second kappa shape index (κ2) is 6.78. The summed E-state index contributed by atoms with van der Waals surface area (Å²) in [5.41, 5.74) is 5.90. The van der Waals surface area contributed by atoms with Crippen LogP contribution in [0.2, 0.25) is 0 Å². The van der Waals surface area contributed by atoms with Crippen molar-refractivity contribution in [2.45, 2.75) is 19.5 Å². The van der Waals surface area contributed by atoms with Crippen molar-refractivity contribution < 1.29 is 0 Å². The fraction of sp³-hybridized carbons (Fsp3) is 0.200. The van der Waals surface area contributed by atoms with E-state index in [2.05, 4.69) is 64.1 Å². The predicted octanol–water partition coefficient (Wildman–Crippen LogP) is 4.55. The fourth-order valence-corrected chi connectivity index (χ4v) is 3.71. The van der Waals surface area contributed by atoms with Gasteiger partial charge in [-0.3, -0.25) is 9.67 Å². The second-order valence-corrected chi connectivity index (χ2v) is 7.23. The topological polar surface area (TPSA) is 42.7 Å². The molecule has 0 bridgehead atoms. The lowest BCUT2D eigenvalue weighted by Gasteiger charge is -2.14. The Balaban J connectivity index is 1.47. The number of thiophene rings is 1. The van der Waals surface area contributed by atoms with Crippen molar-refractivity contribution in [1.82, 2.24) is 20.1 Å². The van der Waals surface area contributed by atoms with Gasteiger partial charge in [0.1, 0.15) is 0 Å². The highest BCUT2D eigenvalue weighted by molar-refractivity contribution is 7.17. The van der Waals surface area contributed by atoms with Gasteiger partial charge in [-0.05, 0) is 47.2 Å². The lowest BCUT2D eigenvalue weighted by atomic mass is 10.1. The van der Waals surface area contributed by atoms with E-state index in [1.807, 2.05) is 30.3 Å². The molecule has 0 aliphatic heterocycles. The van der Waals surface area contributed by atoms with Crippen molar-refractivity contribution >= 4 is 21.6 Å². The summed E-state index contributed by atoms with van der Waals surface area (Å²) in [5.74, 6) is 0. The zero-order valence-corrected chi connectivity index (χ0v) is 15.1. The molecule has 0 radical (unpaired) electrons. The molecule has 4 nitrogen and oxygen atoms in total. The van der Waals surface area contributed by atoms with Crippen LogP contribution in [0.15, 0.2) is 60.4 Å². The van der Waals surface area contributed by atoms with Gasteiger partial charge in [0.25, 0.3) is 0 Å². The average Bonchev–Trinajstić information content (AvgIpc) is 3.28. The monoisotopic (exact) mass is 348 g/mol. The van der Waals surface area contributed by atoms with Gasteiger partial charge < -0.3 is 5.32 Å². The summed E-state index contributed by atoms with van der Waals surface area (Å²) in [5, 5.41) is 9.94. The first-order chi connectivity index (χ1) is 12.2. The highest BCUT2D eigenvalue weighted by Gasteiger charge is 2.08. The Morgan fingerprint density at radius 2 is 2.08 bits per heavy atom. The quantitative estimate of drug-likeness (QED) is 0.575. The van der Waals surface area contributed by atoms with E-state index in [9.17, 15) is 0 Å². The third-order valence-corrected chi connectivity index (χ3v) is 5.25. The summed E-state index contributed by atoms with van der Waals surface area (Å²) in [6, 6.07) is 13.1. The van der Waals surface area contributed by atoms with E-state index < -0.39 is 0 Å². The van der Waals surface area contributed by atoms with Crippen molar-refractivity contribution in [1.29, 1.82) is 0 Å². The summed E-state index contributed by atoms with van der Waals surface area (Å²) in [6.45, 7) is 3.00. The molecule has 0 aliphatic rings. The van der Waals surface area contributed by atoms with Gasteiger partial charge in [-0.1, -0.05) is 18.2 Å². The predicted molar refractivity (Wildman–Crippen MR) is 104 cm³/mol. The molecule has 1 unspecified atom stereocenters. The Morgan fingerprint density at radius 3 is 2.92 bits per heavy atom. The summed E-state index contributed by atoms with van der Waals surface area (Å²) < 4.78 is 3.07. The van der Waals surface area contributed by atoms with Crippen molar-refractivity contribution in [2.75, 3.05) is 0 Å². The molecule has 3 aromatic heterocycles. The normalized spacial score (nSPS) is 12.6. The van der Waals surface area contributed by atoms with Gasteiger partial charge in [0.2, 0.25) is 0 Å². The van der Waals surface area contributed by atoms with E-state index in [1.165, 1.54) is 21.4 Å². The standard InChI is InChI=1S/C20H20N4S/c1-14(17-9-20-19(22-11-17)6-7-25-20)21-10-15-4-3-5-16(8-15)18-12-23-24(2)13-18/h3-9,11-14,21H,10H2,1-2H3. The van der Waals surface area contributed by atoms with Gasteiger partial charge in [-0.15, -0.1) is 11.3 Å². The smallest absolute Gasteiger partial charge is 0.0809 e. The maximum atomic E-state index is 4.53. The number of hydrogen-bond donors (Lipinski definition) is 1. The van der Waals surface area contributed by atoms with Gasteiger partial charge >= 0.3 is 0 Å². The van der Waals surface area contributed by atoms with E-state index in [0.717, 1.165) is 17.6 Å². The fourth-order valence-electron chi connectivity index (χ4n) is 2.92. The molecule has 0 fully saturated rings. The number of hydrogen-bond acceptors (Lipinski definition) is 4. The number of pyridine rings is 1. The van der Waals surface area contributed by atoms with Crippen LogP contribution in [0, 0.1) is 0 Å². The van der Waals surface area contributed by atoms with E-state index in [1.54, 1.807) is 11.3 Å². The highest BCUT2D eigenvalue weighted by atomic mass is 32.1. The minimum atomic E-state index is 0.251. The molecule has 0 spiro atoms. The van der Waals surface area contributed by atoms with Crippen LogP contribution in [0.25, 0.3) is 21.3 Å². The molecule has 1 aromatic carbocycles. The number of nitrogens with zero attached hydrogens (tertiary/aromatic N) is 3. The Hall–Kier alpha value is -2.50. The molecule has 4 aromatic rings. The minimum absolute atomic E-state index is 0.251. The van der Waals surface area contributed by atoms with E-state index in [4.69, 9.17) is 0 Å². The molecular formula is C20H20N4S. The zero-order chi connectivity index (χ0) is 17.2. The van der Waals surface area contributed by atoms with Crippen LogP contribution >= 0.6 is 11.3 Å². The van der Waals surface area contributed by atoms with Crippen LogP contribution in [-0.2, 0) is 13.6 Å². The summed E-state index contributed by atoms with van der Waals surface area (Å²) in [6.07, 6.45) is 5.91. The molecule has 0 saturated heterocycles. The number of fused-ring (bicyclic) bond motifs is 1. The maximum absolute atomic E-state index is 4.53. The molecule has 25 heavy (non-hydrogen) atoms. The third kappa shape index (κ3) is 3.48. The Kier molecular flexibility index (Phi) is 4.34. The van der Waals surface area contributed by atoms with Gasteiger partial charge in [-0.25, -0.2) is 0 Å². The first-order valence-electron chi connectivity index (χ1n) is 8.33. The lowest BCUT2D eigenvalue weighted by molar-refractivity contribution is 0.574. The number of aryl methyl sites for hydroxylation is 1. The molecule has 126 valence electrons. The Morgan fingerprint density at radius 1 is 1.16 bits per heavy atom. The first-order valence-corrected chi connectivity index (χ1v) is 9.21. The SMILES string of the molecule is CC(NCc1cccc(-c2cnn(C)c2)c1)c1cnc2ccsc2c1. The molecular weight excluding hydrogens is 328 g/mol. The molecule has 1 atom stereocenters. The van der Waals surface area contributed by atoms with Gasteiger partial charge in [0.15, 0.2) is 0 Å². The summed E-state index contributed by atoms with van der Waals surface area (Å²) >= 11 is 1.74. The van der Waals surface area contributed by atoms with Crippen LogP contribution < -0.4 is 5.32 Å². The van der Waals surface area contributed by atoms with Crippen molar-refractivity contribution in [3.8, 4) is 11.1 Å². The van der Waals surface area contributed by atoms with E-state index in [0.29, 0.717) is 0 Å². The van der Waals surface area contributed by atoms with Crippen molar-refractivity contribution in [3.05, 3.63) is 71.5 Å². The number of nitrogens with one attached hydrogen (secondary N) is 1. The average molecular weight is 348 g/mol. The largest absolute Gasteiger partial charge is 0.306 e. The highest BCUT2D eigenvalue weighted by Crippen LogP contribution is 2.23. The van der Waals surface area contributed by atoms with Gasteiger partial charge in [0.05, 0.1) is 16.4 Å². The van der Waals surface area contributed by atoms with Gasteiger partial charge in [0, 0.05) is 37.6 Å². The molecule has 4 rings (SSSR count). The Labute approximate surface area is 151 Å². The van der Waals surface area contributed by atoms with Crippen LogP contribution in [0.4, 0.5) is 0 Å². The summed E-state index contributed by atoms with van der Waals surface area (Å²) in [7, 11) is 1.94. The molecule has 1 N–H and O–H groups in total. The maximum Gasteiger partial charge on any atom is 0.0809 e. The molecule has 0 saturated carbocycles. The molecule has 0 aliphatic carbocycles. The van der Waals surface area contributed by atoms with Gasteiger partial charge in [-0.2, -0.15) is 5.10 Å². The minimum Gasteiger partial charge on any atom is -0.306 e. The van der Waals surface area contributed by atoms with Crippen molar-refractivity contribution in [3.63, 3.8) is 0 Å². The molecule has 3 heterocycles. The van der Waals surface area contributed by atoms with Crippen molar-refractivity contribution in [2.24, 2.45) is 7.05 Å². The third-order valence-electron chi connectivity index (χ3n) is 4.40. The Bertz CT molecular complexity index is 1000. The van der Waals surface area contributed by atoms with Crippen LogP contribution in [0.1, 0.15) is 24.1 Å². The number of aromatic nitrogens is 3. The van der Waals surface area contributed by atoms with E-state index in [-0.39, 0.29) is 6.04 Å². The zero-order valence-electron chi connectivity index (χ0n) is 14.3. The summed E-state index contributed by atoms with van der Waals surface area (Å²) in [4.78, 5) is 4.53. The lowest BCUT2D eigenvalue weighted by Crippen LogP contribution is -2.18. The van der Waals surface area contributed by atoms with Crippen LogP contribution in [0.5, 0.6) is 0 Å². The first kappa shape index (κ1) is 16.0. The second-order valence-electron chi connectivity index (χ2n) is 6.28.